The predicted octanol–water partition coefficient (Wildman–Crippen LogP) is 1.49. The van der Waals surface area contributed by atoms with E-state index in [9.17, 15) is 4.79 Å². The number of ether oxygens (including phenoxy) is 1. The lowest BCUT2D eigenvalue weighted by Crippen LogP contribution is -2.07. The summed E-state index contributed by atoms with van der Waals surface area (Å²) in [7, 11) is 0. The number of imidazole rings is 1. The Bertz CT molecular complexity index is 578. The van der Waals surface area contributed by atoms with E-state index in [-0.39, 0.29) is 5.69 Å². The summed E-state index contributed by atoms with van der Waals surface area (Å²) in [6, 6.07) is 5.44. The van der Waals surface area contributed by atoms with Crippen molar-refractivity contribution in [2.45, 2.75) is 6.92 Å². The van der Waals surface area contributed by atoms with Gasteiger partial charge in [0.1, 0.15) is 11.3 Å². The molecule has 0 aliphatic carbocycles. The molecule has 0 radical (unpaired) electrons. The van der Waals surface area contributed by atoms with Crippen LogP contribution in [0.25, 0.3) is 5.65 Å². The Kier molecular flexibility index (Phi) is 2.61. The number of carbonyl (C=O) groups is 1. The number of carbonyl (C=O) groups excluding carboxylic acids is 1. The average molecular weight is 214 g/mol. The van der Waals surface area contributed by atoms with E-state index < -0.39 is 5.97 Å². The molecule has 0 saturated carbocycles. The Hall–Kier alpha value is -2.28. The first-order valence-corrected chi connectivity index (χ1v) is 4.88. The molecule has 2 aromatic rings. The molecule has 0 saturated heterocycles. The maximum atomic E-state index is 11.6. The second-order valence-corrected chi connectivity index (χ2v) is 3.10. The van der Waals surface area contributed by atoms with Crippen molar-refractivity contribution in [1.82, 2.24) is 9.38 Å². The predicted molar refractivity (Wildman–Crippen MR) is 59.1 cm³/mol. The Morgan fingerprint density at radius 2 is 2.44 bits per heavy atom. The Labute approximate surface area is 92.9 Å². The zero-order chi connectivity index (χ0) is 11.5. The Balaban J connectivity index is 2.62. The maximum absolute atomic E-state index is 11.6. The minimum atomic E-state index is -0.487. The highest BCUT2D eigenvalue weighted by Gasteiger charge is 2.17. The van der Waals surface area contributed by atoms with Gasteiger partial charge in [-0.1, -0.05) is 6.07 Å². The third-order valence-electron chi connectivity index (χ3n) is 2.14. The molecule has 2 aromatic heterocycles. The first kappa shape index (κ1) is 10.2. The van der Waals surface area contributed by atoms with E-state index in [1.54, 1.807) is 23.6 Å². The van der Waals surface area contributed by atoms with Gasteiger partial charge >= 0.3 is 5.97 Å². The topological polar surface area (TPSA) is 43.6 Å². The normalized spacial score (nSPS) is 10.0. The van der Waals surface area contributed by atoms with E-state index in [1.165, 1.54) is 0 Å². The van der Waals surface area contributed by atoms with Crippen LogP contribution in [0.5, 0.6) is 0 Å². The van der Waals surface area contributed by atoms with Crippen molar-refractivity contribution in [3.8, 4) is 12.3 Å². The van der Waals surface area contributed by atoms with Crippen LogP contribution in [-0.4, -0.2) is 22.0 Å². The molecule has 0 amide bonds. The van der Waals surface area contributed by atoms with Gasteiger partial charge in [0.25, 0.3) is 0 Å². The lowest BCUT2D eigenvalue weighted by molar-refractivity contribution is 0.0520. The number of rotatable bonds is 2. The molecule has 0 spiro atoms. The summed E-state index contributed by atoms with van der Waals surface area (Å²) < 4.78 is 6.58. The monoisotopic (exact) mass is 214 g/mol. The van der Waals surface area contributed by atoms with Crippen LogP contribution in [0.4, 0.5) is 0 Å². The standard InChI is InChI=1S/C12H10N2O2/c1-3-9-11(12(15)16-4-2)13-10-7-5-6-8-14(9)10/h1,5-8H,4H2,2H3. The Morgan fingerprint density at radius 1 is 1.62 bits per heavy atom. The zero-order valence-corrected chi connectivity index (χ0v) is 8.80. The zero-order valence-electron chi connectivity index (χ0n) is 8.80. The summed E-state index contributed by atoms with van der Waals surface area (Å²) >= 11 is 0. The van der Waals surface area contributed by atoms with Crippen molar-refractivity contribution < 1.29 is 9.53 Å². The quantitative estimate of drug-likeness (QED) is 0.562. The van der Waals surface area contributed by atoms with Crippen molar-refractivity contribution >= 4 is 11.6 Å². The van der Waals surface area contributed by atoms with Gasteiger partial charge in [-0.25, -0.2) is 9.78 Å². The summed E-state index contributed by atoms with van der Waals surface area (Å²) in [5.74, 6) is 1.97. The lowest BCUT2D eigenvalue weighted by Gasteiger charge is -1.98. The highest BCUT2D eigenvalue weighted by Crippen LogP contribution is 2.12. The molecule has 0 unspecified atom stereocenters. The van der Waals surface area contributed by atoms with Crippen LogP contribution in [0.2, 0.25) is 0 Å². The molecule has 4 nitrogen and oxygen atoms in total. The molecule has 2 rings (SSSR count). The largest absolute Gasteiger partial charge is 0.461 e. The van der Waals surface area contributed by atoms with Gasteiger partial charge in [0, 0.05) is 6.20 Å². The first-order chi connectivity index (χ1) is 7.77. The van der Waals surface area contributed by atoms with Crippen LogP contribution < -0.4 is 0 Å². The number of hydrogen-bond acceptors (Lipinski definition) is 3. The van der Waals surface area contributed by atoms with Crippen LogP contribution >= 0.6 is 0 Å². The van der Waals surface area contributed by atoms with Crippen molar-refractivity contribution in [3.05, 3.63) is 35.8 Å². The molecule has 0 N–H and O–H groups in total. The molecule has 0 atom stereocenters. The van der Waals surface area contributed by atoms with Crippen LogP contribution in [0.1, 0.15) is 23.1 Å². The van der Waals surface area contributed by atoms with Gasteiger partial charge in [0.05, 0.1) is 6.61 Å². The van der Waals surface area contributed by atoms with Crippen LogP contribution in [-0.2, 0) is 4.74 Å². The summed E-state index contributed by atoms with van der Waals surface area (Å²) in [6.07, 6.45) is 7.14. The fourth-order valence-electron chi connectivity index (χ4n) is 1.48. The first-order valence-electron chi connectivity index (χ1n) is 4.88. The number of hydrogen-bond donors (Lipinski definition) is 0. The number of pyridine rings is 1. The molecule has 80 valence electrons. The van der Waals surface area contributed by atoms with E-state index in [1.807, 2.05) is 12.1 Å². The molecule has 0 fully saturated rings. The second-order valence-electron chi connectivity index (χ2n) is 3.10. The molecule has 4 heteroatoms. The molecule has 0 aromatic carbocycles. The molecular weight excluding hydrogens is 204 g/mol. The summed E-state index contributed by atoms with van der Waals surface area (Å²) in [6.45, 7) is 2.04. The molecule has 16 heavy (non-hydrogen) atoms. The molecule has 2 heterocycles. The van der Waals surface area contributed by atoms with E-state index in [4.69, 9.17) is 11.2 Å². The Morgan fingerprint density at radius 3 is 3.12 bits per heavy atom. The fourth-order valence-corrected chi connectivity index (χ4v) is 1.48. The molecule has 0 aliphatic rings. The number of esters is 1. The number of aromatic nitrogens is 2. The third-order valence-corrected chi connectivity index (χ3v) is 2.14. The van der Waals surface area contributed by atoms with Gasteiger partial charge in [-0.05, 0) is 25.0 Å². The summed E-state index contributed by atoms with van der Waals surface area (Å²) in [5, 5.41) is 0. The van der Waals surface area contributed by atoms with Gasteiger partial charge in [0.2, 0.25) is 0 Å². The molecular formula is C12H10N2O2. The minimum absolute atomic E-state index is 0.190. The number of fused-ring (bicyclic) bond motifs is 1. The van der Waals surface area contributed by atoms with Gasteiger partial charge in [-0.2, -0.15) is 0 Å². The van der Waals surface area contributed by atoms with Crippen molar-refractivity contribution in [1.29, 1.82) is 0 Å². The maximum Gasteiger partial charge on any atom is 0.359 e. The van der Waals surface area contributed by atoms with Crippen molar-refractivity contribution in [2.75, 3.05) is 6.61 Å². The molecule has 0 bridgehead atoms. The SMILES string of the molecule is C#Cc1c(C(=O)OCC)nc2ccccn12. The van der Waals surface area contributed by atoms with Gasteiger partial charge < -0.3 is 4.74 Å². The highest BCUT2D eigenvalue weighted by molar-refractivity contribution is 5.90. The van der Waals surface area contributed by atoms with E-state index in [0.29, 0.717) is 17.9 Å². The van der Waals surface area contributed by atoms with Gasteiger partial charge in [-0.15, -0.1) is 6.42 Å². The minimum Gasteiger partial charge on any atom is -0.461 e. The van der Waals surface area contributed by atoms with Gasteiger partial charge in [0.15, 0.2) is 5.69 Å². The highest BCUT2D eigenvalue weighted by atomic mass is 16.5. The lowest BCUT2D eigenvalue weighted by atomic mass is 10.3. The number of nitrogens with zero attached hydrogens (tertiary/aromatic N) is 2. The van der Waals surface area contributed by atoms with Gasteiger partial charge in [-0.3, -0.25) is 4.40 Å². The second kappa shape index (κ2) is 4.07. The van der Waals surface area contributed by atoms with Crippen LogP contribution in [0, 0.1) is 12.3 Å². The van der Waals surface area contributed by atoms with Crippen molar-refractivity contribution in [2.24, 2.45) is 0 Å². The molecule has 0 aliphatic heterocycles. The smallest absolute Gasteiger partial charge is 0.359 e. The van der Waals surface area contributed by atoms with Crippen LogP contribution in [0.3, 0.4) is 0 Å². The van der Waals surface area contributed by atoms with Crippen molar-refractivity contribution in [3.63, 3.8) is 0 Å². The summed E-state index contributed by atoms with van der Waals surface area (Å²) in [5.41, 5.74) is 1.25. The number of terminal acetylenes is 1. The van der Waals surface area contributed by atoms with E-state index >= 15 is 0 Å². The van der Waals surface area contributed by atoms with E-state index in [2.05, 4.69) is 10.9 Å². The van der Waals surface area contributed by atoms with Crippen LogP contribution in [0.15, 0.2) is 24.4 Å². The fraction of sp³-hybridized carbons (Fsp3) is 0.167. The summed E-state index contributed by atoms with van der Waals surface area (Å²) in [4.78, 5) is 15.7. The average Bonchev–Trinajstić information content (AvgIpc) is 2.67. The third kappa shape index (κ3) is 1.52. The van der Waals surface area contributed by atoms with E-state index in [0.717, 1.165) is 0 Å².